The van der Waals surface area contributed by atoms with Crippen molar-refractivity contribution >= 4 is 34.9 Å². The van der Waals surface area contributed by atoms with E-state index in [1.807, 2.05) is 18.2 Å². The molecule has 0 spiro atoms. The molecule has 2 amide bonds. The first-order valence-corrected chi connectivity index (χ1v) is 8.00. The Bertz CT molecular complexity index is 723. The molecule has 128 valence electrons. The number of amides is 2. The molecule has 0 aliphatic carbocycles. The van der Waals surface area contributed by atoms with Crippen LogP contribution >= 0.6 is 23.2 Å². The minimum absolute atomic E-state index is 0.334. The van der Waals surface area contributed by atoms with Crippen LogP contribution in [0.4, 0.5) is 10.5 Å². The van der Waals surface area contributed by atoms with E-state index in [-0.39, 0.29) is 6.03 Å². The lowest BCUT2D eigenvalue weighted by Crippen LogP contribution is -2.30. The van der Waals surface area contributed by atoms with Crippen molar-refractivity contribution in [2.75, 3.05) is 26.1 Å². The standard InChI is InChI=1S/C17H18Cl2N2O3/c1-23-15-6-3-11(9-16(15)24-2)7-8-20-17(22)21-14-5-4-12(18)10-13(14)19/h3-6,9-10H,7-8H2,1-2H3,(H2,20,21,22). The summed E-state index contributed by atoms with van der Waals surface area (Å²) in [5.41, 5.74) is 1.53. The largest absolute Gasteiger partial charge is 0.493 e. The first-order chi connectivity index (χ1) is 11.5. The van der Waals surface area contributed by atoms with Gasteiger partial charge in [-0.3, -0.25) is 0 Å². The molecule has 0 saturated carbocycles. The summed E-state index contributed by atoms with van der Waals surface area (Å²) in [5.74, 6) is 1.33. The zero-order valence-electron chi connectivity index (χ0n) is 13.4. The Balaban J connectivity index is 1.86. The van der Waals surface area contributed by atoms with Gasteiger partial charge in [0.05, 0.1) is 24.9 Å². The van der Waals surface area contributed by atoms with E-state index >= 15 is 0 Å². The second-order valence-corrected chi connectivity index (χ2v) is 5.79. The number of ether oxygens (including phenoxy) is 2. The summed E-state index contributed by atoms with van der Waals surface area (Å²) < 4.78 is 10.4. The molecule has 0 unspecified atom stereocenters. The van der Waals surface area contributed by atoms with Crippen molar-refractivity contribution in [2.24, 2.45) is 0 Å². The lowest BCUT2D eigenvalue weighted by atomic mass is 10.1. The van der Waals surface area contributed by atoms with Gasteiger partial charge in [-0.25, -0.2) is 4.79 Å². The van der Waals surface area contributed by atoms with Crippen molar-refractivity contribution in [3.8, 4) is 11.5 Å². The fourth-order valence-electron chi connectivity index (χ4n) is 2.11. The van der Waals surface area contributed by atoms with Gasteiger partial charge in [-0.15, -0.1) is 0 Å². The van der Waals surface area contributed by atoms with E-state index in [1.54, 1.807) is 32.4 Å². The van der Waals surface area contributed by atoms with Gasteiger partial charge in [0.25, 0.3) is 0 Å². The van der Waals surface area contributed by atoms with Gasteiger partial charge in [0, 0.05) is 11.6 Å². The Morgan fingerprint density at radius 3 is 2.46 bits per heavy atom. The molecule has 2 N–H and O–H groups in total. The summed E-state index contributed by atoms with van der Waals surface area (Å²) in [6.45, 7) is 0.465. The summed E-state index contributed by atoms with van der Waals surface area (Å²) in [6, 6.07) is 10.2. The number of rotatable bonds is 6. The Morgan fingerprint density at radius 2 is 1.79 bits per heavy atom. The van der Waals surface area contributed by atoms with Crippen LogP contribution in [0, 0.1) is 0 Å². The van der Waals surface area contributed by atoms with E-state index in [0.29, 0.717) is 40.2 Å². The van der Waals surface area contributed by atoms with Crippen LogP contribution in [0.5, 0.6) is 11.5 Å². The van der Waals surface area contributed by atoms with Crippen molar-refractivity contribution in [1.82, 2.24) is 5.32 Å². The summed E-state index contributed by atoms with van der Waals surface area (Å²) in [5, 5.41) is 6.35. The van der Waals surface area contributed by atoms with Crippen molar-refractivity contribution in [1.29, 1.82) is 0 Å². The third-order valence-electron chi connectivity index (χ3n) is 3.33. The van der Waals surface area contributed by atoms with Gasteiger partial charge in [-0.2, -0.15) is 0 Å². The van der Waals surface area contributed by atoms with Gasteiger partial charge >= 0.3 is 6.03 Å². The number of carbonyl (C=O) groups is 1. The van der Waals surface area contributed by atoms with Crippen LogP contribution in [0.15, 0.2) is 36.4 Å². The van der Waals surface area contributed by atoms with Crippen molar-refractivity contribution in [3.05, 3.63) is 52.0 Å². The van der Waals surface area contributed by atoms with Crippen molar-refractivity contribution in [3.63, 3.8) is 0 Å². The number of nitrogens with one attached hydrogen (secondary N) is 2. The van der Waals surface area contributed by atoms with E-state index in [9.17, 15) is 4.79 Å². The van der Waals surface area contributed by atoms with Crippen LogP contribution in [0.3, 0.4) is 0 Å². The molecule has 5 nitrogen and oxygen atoms in total. The monoisotopic (exact) mass is 368 g/mol. The highest BCUT2D eigenvalue weighted by Gasteiger charge is 2.07. The number of hydrogen-bond acceptors (Lipinski definition) is 3. The van der Waals surface area contributed by atoms with Gasteiger partial charge in [0.2, 0.25) is 0 Å². The maximum Gasteiger partial charge on any atom is 0.319 e. The second-order valence-electron chi connectivity index (χ2n) is 4.94. The summed E-state index contributed by atoms with van der Waals surface area (Å²) in [4.78, 5) is 11.9. The molecule has 0 aliphatic heterocycles. The number of urea groups is 1. The SMILES string of the molecule is COc1ccc(CCNC(=O)Nc2ccc(Cl)cc2Cl)cc1OC. The molecule has 7 heteroatoms. The van der Waals surface area contributed by atoms with E-state index in [1.165, 1.54) is 0 Å². The Morgan fingerprint density at radius 1 is 1.04 bits per heavy atom. The van der Waals surface area contributed by atoms with Gasteiger partial charge < -0.3 is 20.1 Å². The number of hydrogen-bond donors (Lipinski definition) is 2. The third-order valence-corrected chi connectivity index (χ3v) is 3.87. The van der Waals surface area contributed by atoms with Gasteiger partial charge in [-0.05, 0) is 42.3 Å². The molecule has 0 saturated heterocycles. The molecule has 0 atom stereocenters. The highest BCUT2D eigenvalue weighted by Crippen LogP contribution is 2.27. The fourth-order valence-corrected chi connectivity index (χ4v) is 2.57. The van der Waals surface area contributed by atoms with Crippen molar-refractivity contribution < 1.29 is 14.3 Å². The molecular weight excluding hydrogens is 351 g/mol. The Kier molecular flexibility index (Phi) is 6.58. The molecule has 0 aliphatic rings. The molecule has 2 rings (SSSR count). The molecule has 0 bridgehead atoms. The molecule has 0 aromatic heterocycles. The van der Waals surface area contributed by atoms with Crippen LogP contribution in [-0.4, -0.2) is 26.8 Å². The zero-order chi connectivity index (χ0) is 17.5. The van der Waals surface area contributed by atoms with E-state index in [0.717, 1.165) is 5.56 Å². The maximum atomic E-state index is 11.9. The van der Waals surface area contributed by atoms with Crippen LogP contribution in [0.2, 0.25) is 10.0 Å². The maximum absolute atomic E-state index is 11.9. The molecule has 0 radical (unpaired) electrons. The Hall–Kier alpha value is -2.11. The van der Waals surface area contributed by atoms with Gasteiger partial charge in [0.15, 0.2) is 11.5 Å². The summed E-state index contributed by atoms with van der Waals surface area (Å²) >= 11 is 11.8. The molecule has 0 heterocycles. The number of carbonyl (C=O) groups excluding carboxylic acids is 1. The number of halogens is 2. The van der Waals surface area contributed by atoms with Crippen LogP contribution in [-0.2, 0) is 6.42 Å². The summed E-state index contributed by atoms with van der Waals surface area (Å²) in [6.07, 6.45) is 0.655. The lowest BCUT2D eigenvalue weighted by Gasteiger charge is -2.11. The number of benzene rings is 2. The second kappa shape index (κ2) is 8.66. The Labute approximate surface area is 150 Å². The van der Waals surface area contributed by atoms with E-state index in [2.05, 4.69) is 10.6 Å². The predicted octanol–water partition coefficient (Wildman–Crippen LogP) is 4.37. The first-order valence-electron chi connectivity index (χ1n) is 7.24. The van der Waals surface area contributed by atoms with Crippen LogP contribution < -0.4 is 20.1 Å². The number of anilines is 1. The van der Waals surface area contributed by atoms with Crippen molar-refractivity contribution in [2.45, 2.75) is 6.42 Å². The van der Waals surface area contributed by atoms with Crippen LogP contribution in [0.25, 0.3) is 0 Å². The lowest BCUT2D eigenvalue weighted by molar-refractivity contribution is 0.252. The fraction of sp³-hybridized carbons (Fsp3) is 0.235. The average molecular weight is 369 g/mol. The average Bonchev–Trinajstić information content (AvgIpc) is 2.57. The van der Waals surface area contributed by atoms with E-state index in [4.69, 9.17) is 32.7 Å². The molecule has 24 heavy (non-hydrogen) atoms. The quantitative estimate of drug-likeness (QED) is 0.795. The van der Waals surface area contributed by atoms with Crippen LogP contribution in [0.1, 0.15) is 5.56 Å². The minimum Gasteiger partial charge on any atom is -0.493 e. The molecule has 2 aromatic carbocycles. The van der Waals surface area contributed by atoms with E-state index < -0.39 is 0 Å². The zero-order valence-corrected chi connectivity index (χ0v) is 14.9. The predicted molar refractivity (Wildman–Crippen MR) is 96.7 cm³/mol. The smallest absolute Gasteiger partial charge is 0.319 e. The minimum atomic E-state index is -0.334. The topological polar surface area (TPSA) is 59.6 Å². The molecular formula is C17H18Cl2N2O3. The normalized spacial score (nSPS) is 10.2. The highest BCUT2D eigenvalue weighted by atomic mass is 35.5. The molecule has 0 fully saturated rings. The highest BCUT2D eigenvalue weighted by molar-refractivity contribution is 6.36. The molecule has 2 aromatic rings. The van der Waals surface area contributed by atoms with Gasteiger partial charge in [0.1, 0.15) is 0 Å². The first kappa shape index (κ1) is 18.2. The third kappa shape index (κ3) is 4.94. The number of methoxy groups -OCH3 is 2. The van der Waals surface area contributed by atoms with Gasteiger partial charge in [-0.1, -0.05) is 29.3 Å². The summed E-state index contributed by atoms with van der Waals surface area (Å²) in [7, 11) is 3.18.